The van der Waals surface area contributed by atoms with Crippen molar-refractivity contribution in [1.82, 2.24) is 4.90 Å². The molecule has 2 aliphatic rings. The number of carboxylic acid groups (broad SMARTS) is 1. The van der Waals surface area contributed by atoms with Gasteiger partial charge in [-0.15, -0.1) is 0 Å². The Bertz CT molecular complexity index is 1020. The van der Waals surface area contributed by atoms with Gasteiger partial charge in [-0.3, -0.25) is 4.90 Å². The Labute approximate surface area is 193 Å². The highest BCUT2D eigenvalue weighted by atomic mass is 35.5. The van der Waals surface area contributed by atoms with Crippen molar-refractivity contribution in [1.29, 1.82) is 0 Å². The van der Waals surface area contributed by atoms with Crippen LogP contribution in [0.2, 0.25) is 5.02 Å². The van der Waals surface area contributed by atoms with Gasteiger partial charge in [-0.25, -0.2) is 9.18 Å². The summed E-state index contributed by atoms with van der Waals surface area (Å²) in [5.74, 6) is -1.06. The summed E-state index contributed by atoms with van der Waals surface area (Å²) < 4.78 is 14.0. The highest BCUT2D eigenvalue weighted by Crippen LogP contribution is 2.52. The van der Waals surface area contributed by atoms with Gasteiger partial charge in [0.15, 0.2) is 0 Å². The van der Waals surface area contributed by atoms with E-state index in [2.05, 4.69) is 10.2 Å². The van der Waals surface area contributed by atoms with Gasteiger partial charge in [0.2, 0.25) is 0 Å². The molecule has 2 aromatic carbocycles. The minimum absolute atomic E-state index is 0.0735. The first-order chi connectivity index (χ1) is 15.2. The van der Waals surface area contributed by atoms with Crippen molar-refractivity contribution in [2.24, 2.45) is 5.92 Å². The Hall–Kier alpha value is -2.15. The number of rotatable bonds is 6. The summed E-state index contributed by atoms with van der Waals surface area (Å²) in [5.41, 5.74) is 2.15. The maximum absolute atomic E-state index is 14.0. The zero-order valence-electron chi connectivity index (χ0n) is 18.5. The highest BCUT2D eigenvalue weighted by Gasteiger charge is 2.53. The summed E-state index contributed by atoms with van der Waals surface area (Å²) in [6.45, 7) is 5.23. The zero-order chi connectivity index (χ0) is 23.1. The summed E-state index contributed by atoms with van der Waals surface area (Å²) in [4.78, 5) is 14.8. The standard InChI is InChI=1S/C25H30ClFN2O3/c1-16(15-30)13-29-14-18-12-19(27)6-7-20(18)25(29)10-8-24(9-11-25,23(31)32)28-22-5-3-4-21(26)17(22)2/h3-7,12,16,28,30H,8-11,13-15H2,1-2H3,(H,31,32)/t16-,24?,25?/m1/s1. The number of halogens is 2. The fourth-order valence-electron chi connectivity index (χ4n) is 5.42. The van der Waals surface area contributed by atoms with Gasteiger partial charge in [0.05, 0.1) is 0 Å². The second kappa shape index (κ2) is 8.65. The zero-order valence-corrected chi connectivity index (χ0v) is 19.3. The molecule has 0 saturated heterocycles. The number of aliphatic carboxylic acids is 1. The first kappa shape index (κ1) is 23.0. The molecule has 1 spiro atoms. The molecule has 5 nitrogen and oxygen atoms in total. The molecule has 1 saturated carbocycles. The summed E-state index contributed by atoms with van der Waals surface area (Å²) in [6.07, 6.45) is 2.11. The van der Waals surface area contributed by atoms with E-state index in [1.807, 2.05) is 32.0 Å². The Morgan fingerprint density at radius 1 is 1.25 bits per heavy atom. The number of aliphatic hydroxyl groups excluding tert-OH is 1. The summed E-state index contributed by atoms with van der Waals surface area (Å²) in [7, 11) is 0. The summed E-state index contributed by atoms with van der Waals surface area (Å²) in [6, 6.07) is 10.4. The number of aliphatic hydroxyl groups is 1. The van der Waals surface area contributed by atoms with Crippen molar-refractivity contribution in [2.45, 2.75) is 57.2 Å². The molecular weight excluding hydrogens is 431 g/mol. The van der Waals surface area contributed by atoms with Gasteiger partial charge in [-0.1, -0.05) is 30.7 Å². The van der Waals surface area contributed by atoms with Crippen LogP contribution < -0.4 is 5.32 Å². The Kier molecular flexibility index (Phi) is 6.23. The van der Waals surface area contributed by atoms with E-state index in [0.717, 1.165) is 22.4 Å². The molecule has 3 N–H and O–H groups in total. The van der Waals surface area contributed by atoms with Crippen molar-refractivity contribution in [2.75, 3.05) is 18.5 Å². The molecule has 32 heavy (non-hydrogen) atoms. The van der Waals surface area contributed by atoms with E-state index in [-0.39, 0.29) is 23.9 Å². The average molecular weight is 461 g/mol. The number of fused-ring (bicyclic) bond motifs is 2. The predicted molar refractivity (Wildman–Crippen MR) is 123 cm³/mol. The molecule has 0 unspecified atom stereocenters. The first-order valence-corrected chi connectivity index (χ1v) is 11.5. The molecule has 1 aliphatic heterocycles. The molecule has 0 radical (unpaired) electrons. The maximum Gasteiger partial charge on any atom is 0.329 e. The van der Waals surface area contributed by atoms with E-state index >= 15 is 0 Å². The molecule has 4 rings (SSSR count). The summed E-state index contributed by atoms with van der Waals surface area (Å²) in [5, 5.41) is 23.8. The molecule has 1 heterocycles. The van der Waals surface area contributed by atoms with Crippen LogP contribution in [0.15, 0.2) is 36.4 Å². The number of hydrogen-bond acceptors (Lipinski definition) is 4. The third-order valence-electron chi connectivity index (χ3n) is 7.36. The smallest absolute Gasteiger partial charge is 0.329 e. The highest BCUT2D eigenvalue weighted by molar-refractivity contribution is 6.31. The fourth-order valence-corrected chi connectivity index (χ4v) is 5.59. The largest absolute Gasteiger partial charge is 0.480 e. The van der Waals surface area contributed by atoms with E-state index in [4.69, 9.17) is 11.6 Å². The number of benzene rings is 2. The van der Waals surface area contributed by atoms with Crippen molar-refractivity contribution in [3.05, 3.63) is 63.9 Å². The molecule has 1 fully saturated rings. The van der Waals surface area contributed by atoms with E-state index in [9.17, 15) is 19.4 Å². The van der Waals surface area contributed by atoms with Crippen LogP contribution in [0.5, 0.6) is 0 Å². The average Bonchev–Trinajstić information content (AvgIpc) is 3.04. The van der Waals surface area contributed by atoms with Crippen LogP contribution in [0.3, 0.4) is 0 Å². The lowest BCUT2D eigenvalue weighted by Gasteiger charge is -2.48. The van der Waals surface area contributed by atoms with Gasteiger partial charge in [0, 0.05) is 35.9 Å². The van der Waals surface area contributed by atoms with Crippen LogP contribution in [-0.2, 0) is 16.9 Å². The van der Waals surface area contributed by atoms with E-state index < -0.39 is 11.5 Å². The quantitative estimate of drug-likeness (QED) is 0.569. The number of carbonyl (C=O) groups is 1. The maximum atomic E-state index is 14.0. The number of nitrogens with zero attached hydrogens (tertiary/aromatic N) is 1. The van der Waals surface area contributed by atoms with E-state index in [1.54, 1.807) is 12.1 Å². The molecule has 0 bridgehead atoms. The van der Waals surface area contributed by atoms with Gasteiger partial charge in [0.25, 0.3) is 0 Å². The Morgan fingerprint density at radius 3 is 2.62 bits per heavy atom. The molecule has 2 aromatic rings. The minimum Gasteiger partial charge on any atom is -0.480 e. The van der Waals surface area contributed by atoms with Crippen LogP contribution in [0.1, 0.15) is 49.3 Å². The van der Waals surface area contributed by atoms with Crippen molar-refractivity contribution >= 4 is 23.3 Å². The topological polar surface area (TPSA) is 72.8 Å². The molecule has 0 amide bonds. The van der Waals surface area contributed by atoms with Gasteiger partial charge in [-0.05, 0) is 79.5 Å². The predicted octanol–water partition coefficient (Wildman–Crippen LogP) is 4.94. The van der Waals surface area contributed by atoms with Gasteiger partial charge >= 0.3 is 5.97 Å². The van der Waals surface area contributed by atoms with Crippen LogP contribution in [0.4, 0.5) is 10.1 Å². The normalized spacial score (nSPS) is 26.2. The Morgan fingerprint density at radius 2 is 1.97 bits per heavy atom. The second-order valence-electron chi connectivity index (χ2n) is 9.43. The monoisotopic (exact) mass is 460 g/mol. The third kappa shape index (κ3) is 3.89. The van der Waals surface area contributed by atoms with Crippen LogP contribution >= 0.6 is 11.6 Å². The number of anilines is 1. The summed E-state index contributed by atoms with van der Waals surface area (Å²) >= 11 is 6.26. The lowest BCUT2D eigenvalue weighted by atomic mass is 9.69. The van der Waals surface area contributed by atoms with Crippen LogP contribution in [-0.4, -0.2) is 39.8 Å². The number of hydrogen-bond donors (Lipinski definition) is 3. The third-order valence-corrected chi connectivity index (χ3v) is 7.77. The van der Waals surface area contributed by atoms with Gasteiger partial charge in [-0.2, -0.15) is 0 Å². The first-order valence-electron chi connectivity index (χ1n) is 11.1. The van der Waals surface area contributed by atoms with Crippen molar-refractivity contribution < 1.29 is 19.4 Å². The van der Waals surface area contributed by atoms with Gasteiger partial charge < -0.3 is 15.5 Å². The molecular formula is C25H30ClFN2O3. The Balaban J connectivity index is 1.66. The molecule has 1 aliphatic carbocycles. The van der Waals surface area contributed by atoms with Gasteiger partial charge in [0.1, 0.15) is 11.4 Å². The van der Waals surface area contributed by atoms with Crippen LogP contribution in [0.25, 0.3) is 0 Å². The number of nitrogens with one attached hydrogen (secondary N) is 1. The lowest BCUT2D eigenvalue weighted by molar-refractivity contribution is -0.145. The number of carboxylic acids is 1. The SMILES string of the molecule is Cc1c(Cl)cccc1NC1(C(=O)O)CCC2(CC1)c1ccc(F)cc1CN2C[C@@H](C)CO. The second-order valence-corrected chi connectivity index (χ2v) is 9.83. The van der Waals surface area contributed by atoms with Crippen molar-refractivity contribution in [3.8, 4) is 0 Å². The molecule has 1 atom stereocenters. The molecule has 172 valence electrons. The lowest BCUT2D eigenvalue weighted by Crippen LogP contribution is -2.55. The van der Waals surface area contributed by atoms with Crippen molar-refractivity contribution in [3.63, 3.8) is 0 Å². The van der Waals surface area contributed by atoms with E-state index in [0.29, 0.717) is 43.8 Å². The molecule has 0 aromatic heterocycles. The van der Waals surface area contributed by atoms with Crippen LogP contribution in [0, 0.1) is 18.7 Å². The fraction of sp³-hybridized carbons (Fsp3) is 0.480. The van der Waals surface area contributed by atoms with E-state index in [1.165, 1.54) is 6.07 Å². The molecule has 7 heteroatoms. The minimum atomic E-state index is -1.10.